The van der Waals surface area contributed by atoms with Gasteiger partial charge in [-0.25, -0.2) is 0 Å². The first-order chi connectivity index (χ1) is 6.79. The van der Waals surface area contributed by atoms with Crippen molar-refractivity contribution in [2.24, 2.45) is 11.8 Å². The fraction of sp³-hybridized carbons (Fsp3) is 0.636. The Kier molecular flexibility index (Phi) is 3.17. The maximum atomic E-state index is 11.6. The Morgan fingerprint density at radius 1 is 1.27 bits per heavy atom. The molecule has 0 saturated heterocycles. The number of carboxylic acid groups (broad SMARTS) is 1. The van der Waals surface area contributed by atoms with Crippen LogP contribution in [0.25, 0.3) is 0 Å². The van der Waals surface area contributed by atoms with Gasteiger partial charge < -0.3 is 9.84 Å². The molecule has 1 rings (SSSR count). The summed E-state index contributed by atoms with van der Waals surface area (Å²) in [6, 6.07) is 0. The molecule has 1 aliphatic carbocycles. The molecule has 2 atom stereocenters. The largest absolute Gasteiger partial charge is 0.481 e. The van der Waals surface area contributed by atoms with Crippen molar-refractivity contribution >= 4 is 11.9 Å². The van der Waals surface area contributed by atoms with Gasteiger partial charge in [0, 0.05) is 0 Å². The second-order valence-electron chi connectivity index (χ2n) is 4.71. The SMILES string of the molecule is CC(C)(C)OC(=O)[C@@H]1C=C[C@H](C(=O)O)C1. The lowest BCUT2D eigenvalue weighted by Gasteiger charge is -2.21. The summed E-state index contributed by atoms with van der Waals surface area (Å²) in [4.78, 5) is 22.2. The number of ether oxygens (including phenoxy) is 1. The number of esters is 1. The molecule has 0 heterocycles. The molecular weight excluding hydrogens is 196 g/mol. The number of hydrogen-bond acceptors (Lipinski definition) is 3. The smallest absolute Gasteiger partial charge is 0.313 e. The quantitative estimate of drug-likeness (QED) is 0.558. The summed E-state index contributed by atoms with van der Waals surface area (Å²) in [5.74, 6) is -2.20. The van der Waals surface area contributed by atoms with Gasteiger partial charge in [-0.15, -0.1) is 0 Å². The van der Waals surface area contributed by atoms with Gasteiger partial charge in [0.1, 0.15) is 5.60 Å². The van der Waals surface area contributed by atoms with Crippen LogP contribution < -0.4 is 0 Å². The van der Waals surface area contributed by atoms with E-state index in [0.717, 1.165) is 0 Å². The molecule has 0 radical (unpaired) electrons. The topological polar surface area (TPSA) is 63.6 Å². The van der Waals surface area contributed by atoms with Crippen LogP contribution in [0, 0.1) is 11.8 Å². The van der Waals surface area contributed by atoms with E-state index in [1.54, 1.807) is 32.9 Å². The molecular formula is C11H16O4. The first-order valence-corrected chi connectivity index (χ1v) is 4.93. The van der Waals surface area contributed by atoms with E-state index in [4.69, 9.17) is 9.84 Å². The summed E-state index contributed by atoms with van der Waals surface area (Å²) in [7, 11) is 0. The molecule has 0 aromatic heterocycles. The van der Waals surface area contributed by atoms with Crippen molar-refractivity contribution in [3.63, 3.8) is 0 Å². The standard InChI is InChI=1S/C11H16O4/c1-11(2,3)15-10(14)8-5-4-7(6-8)9(12)13/h4-5,7-8H,6H2,1-3H3,(H,12,13)/t7-,8+/m0/s1. The highest BCUT2D eigenvalue weighted by Crippen LogP contribution is 2.26. The Morgan fingerprint density at radius 2 is 1.80 bits per heavy atom. The van der Waals surface area contributed by atoms with Crippen molar-refractivity contribution in [3.8, 4) is 0 Å². The maximum Gasteiger partial charge on any atom is 0.313 e. The molecule has 4 nitrogen and oxygen atoms in total. The number of carbonyl (C=O) groups excluding carboxylic acids is 1. The molecule has 15 heavy (non-hydrogen) atoms. The zero-order valence-corrected chi connectivity index (χ0v) is 9.19. The van der Waals surface area contributed by atoms with Gasteiger partial charge in [-0.05, 0) is 27.2 Å². The molecule has 1 N–H and O–H groups in total. The average Bonchev–Trinajstić information content (AvgIpc) is 2.47. The van der Waals surface area contributed by atoms with Crippen molar-refractivity contribution in [2.45, 2.75) is 32.8 Å². The predicted molar refractivity (Wildman–Crippen MR) is 54.2 cm³/mol. The second kappa shape index (κ2) is 4.04. The van der Waals surface area contributed by atoms with Crippen molar-refractivity contribution in [3.05, 3.63) is 12.2 Å². The van der Waals surface area contributed by atoms with E-state index < -0.39 is 23.4 Å². The van der Waals surface area contributed by atoms with Crippen LogP contribution in [-0.2, 0) is 14.3 Å². The van der Waals surface area contributed by atoms with Crippen LogP contribution in [0.2, 0.25) is 0 Å². The Bertz CT molecular complexity index is 298. The Labute approximate surface area is 88.9 Å². The van der Waals surface area contributed by atoms with Crippen LogP contribution in [0.5, 0.6) is 0 Å². The Balaban J connectivity index is 2.52. The zero-order chi connectivity index (χ0) is 11.6. The van der Waals surface area contributed by atoms with E-state index in [0.29, 0.717) is 6.42 Å². The van der Waals surface area contributed by atoms with Gasteiger partial charge in [-0.1, -0.05) is 12.2 Å². The summed E-state index contributed by atoms with van der Waals surface area (Å²) in [5, 5.41) is 8.74. The van der Waals surface area contributed by atoms with E-state index in [9.17, 15) is 9.59 Å². The number of hydrogen-bond donors (Lipinski definition) is 1. The van der Waals surface area contributed by atoms with Crippen LogP contribution in [0.4, 0.5) is 0 Å². The molecule has 0 aliphatic heterocycles. The first-order valence-electron chi connectivity index (χ1n) is 4.93. The minimum Gasteiger partial charge on any atom is -0.481 e. The average molecular weight is 212 g/mol. The van der Waals surface area contributed by atoms with Crippen molar-refractivity contribution in [1.29, 1.82) is 0 Å². The highest BCUT2D eigenvalue weighted by Gasteiger charge is 2.31. The lowest BCUT2D eigenvalue weighted by Crippen LogP contribution is -2.28. The van der Waals surface area contributed by atoms with E-state index in [1.165, 1.54) is 0 Å². The van der Waals surface area contributed by atoms with E-state index in [1.807, 2.05) is 0 Å². The lowest BCUT2D eigenvalue weighted by atomic mass is 10.0. The van der Waals surface area contributed by atoms with Crippen LogP contribution in [0.3, 0.4) is 0 Å². The van der Waals surface area contributed by atoms with Crippen LogP contribution in [-0.4, -0.2) is 22.6 Å². The molecule has 1 aliphatic rings. The highest BCUT2D eigenvalue weighted by atomic mass is 16.6. The monoisotopic (exact) mass is 212 g/mol. The number of carbonyl (C=O) groups is 2. The van der Waals surface area contributed by atoms with Gasteiger partial charge in [0.15, 0.2) is 0 Å². The summed E-state index contributed by atoms with van der Waals surface area (Å²) < 4.78 is 5.17. The summed E-state index contributed by atoms with van der Waals surface area (Å²) in [5.41, 5.74) is -0.522. The van der Waals surface area contributed by atoms with Gasteiger partial charge in [0.05, 0.1) is 11.8 Å². The fourth-order valence-corrected chi connectivity index (χ4v) is 1.43. The third-order valence-corrected chi connectivity index (χ3v) is 2.11. The van der Waals surface area contributed by atoms with Gasteiger partial charge in [0.25, 0.3) is 0 Å². The Morgan fingerprint density at radius 3 is 2.20 bits per heavy atom. The highest BCUT2D eigenvalue weighted by molar-refractivity contribution is 5.79. The number of aliphatic carboxylic acids is 1. The Hall–Kier alpha value is -1.32. The molecule has 0 aromatic carbocycles. The number of carboxylic acids is 1. The molecule has 84 valence electrons. The summed E-state index contributed by atoms with van der Waals surface area (Å²) in [6.45, 7) is 5.37. The molecule has 0 spiro atoms. The van der Waals surface area contributed by atoms with Crippen molar-refractivity contribution < 1.29 is 19.4 Å². The second-order valence-corrected chi connectivity index (χ2v) is 4.71. The van der Waals surface area contributed by atoms with Crippen LogP contribution in [0.15, 0.2) is 12.2 Å². The van der Waals surface area contributed by atoms with Gasteiger partial charge in [-0.3, -0.25) is 9.59 Å². The lowest BCUT2D eigenvalue weighted by molar-refractivity contribution is -0.158. The molecule has 0 amide bonds. The number of rotatable bonds is 2. The summed E-state index contributed by atoms with van der Waals surface area (Å²) in [6.07, 6.45) is 3.48. The minimum atomic E-state index is -0.891. The predicted octanol–water partition coefficient (Wildman–Crippen LogP) is 1.60. The third-order valence-electron chi connectivity index (χ3n) is 2.11. The summed E-state index contributed by atoms with van der Waals surface area (Å²) >= 11 is 0. The molecule has 0 bridgehead atoms. The molecule has 0 unspecified atom stereocenters. The molecule has 0 saturated carbocycles. The minimum absolute atomic E-state index is 0.310. The van der Waals surface area contributed by atoms with Gasteiger partial charge >= 0.3 is 11.9 Å². The third kappa shape index (κ3) is 3.38. The van der Waals surface area contributed by atoms with E-state index in [2.05, 4.69) is 0 Å². The van der Waals surface area contributed by atoms with Crippen molar-refractivity contribution in [2.75, 3.05) is 0 Å². The van der Waals surface area contributed by atoms with Gasteiger partial charge in [-0.2, -0.15) is 0 Å². The van der Waals surface area contributed by atoms with Crippen LogP contribution >= 0.6 is 0 Å². The van der Waals surface area contributed by atoms with Crippen LogP contribution in [0.1, 0.15) is 27.2 Å². The van der Waals surface area contributed by atoms with Gasteiger partial charge in [0.2, 0.25) is 0 Å². The first kappa shape index (κ1) is 11.8. The molecule has 4 heteroatoms. The zero-order valence-electron chi connectivity index (χ0n) is 9.19. The van der Waals surface area contributed by atoms with E-state index >= 15 is 0 Å². The fourth-order valence-electron chi connectivity index (χ4n) is 1.43. The maximum absolute atomic E-state index is 11.6. The van der Waals surface area contributed by atoms with Crippen molar-refractivity contribution in [1.82, 2.24) is 0 Å². The molecule has 0 fully saturated rings. The normalized spacial score (nSPS) is 25.3. The molecule has 0 aromatic rings. The van der Waals surface area contributed by atoms with E-state index in [-0.39, 0.29) is 5.97 Å².